The molecule has 5 heteroatoms. The summed E-state index contributed by atoms with van der Waals surface area (Å²) in [5.41, 5.74) is 0.542. The van der Waals surface area contributed by atoms with Gasteiger partial charge in [-0.25, -0.2) is 4.79 Å². The van der Waals surface area contributed by atoms with E-state index in [1.54, 1.807) is 12.3 Å². The van der Waals surface area contributed by atoms with E-state index in [0.29, 0.717) is 23.9 Å². The number of H-pyrrole nitrogens is 1. The molecule has 3 heterocycles. The maximum absolute atomic E-state index is 12.3. The van der Waals surface area contributed by atoms with E-state index < -0.39 is 0 Å². The number of fused-ring (bicyclic) bond motifs is 1. The first-order chi connectivity index (χ1) is 11.7. The Balaban J connectivity index is 1.63. The molecule has 24 heavy (non-hydrogen) atoms. The van der Waals surface area contributed by atoms with Crippen molar-refractivity contribution in [1.82, 2.24) is 9.88 Å². The first kappa shape index (κ1) is 17.5. The van der Waals surface area contributed by atoms with Crippen molar-refractivity contribution in [2.45, 2.75) is 83.1 Å². The van der Waals surface area contributed by atoms with Gasteiger partial charge >= 0.3 is 5.97 Å². The molecule has 5 nitrogen and oxygen atoms in total. The second-order valence-corrected chi connectivity index (χ2v) is 7.24. The highest BCUT2D eigenvalue weighted by atomic mass is 16.5. The van der Waals surface area contributed by atoms with Crippen molar-refractivity contribution in [3.63, 3.8) is 0 Å². The number of nitrogens with one attached hydrogen (secondary N) is 1. The van der Waals surface area contributed by atoms with Crippen LogP contribution in [-0.4, -0.2) is 46.9 Å². The number of aromatic nitrogens is 1. The highest BCUT2D eigenvalue weighted by molar-refractivity contribution is 5.87. The number of rotatable bonds is 6. The number of hydrogen-bond acceptors (Lipinski definition) is 4. The van der Waals surface area contributed by atoms with E-state index in [0.717, 1.165) is 26.0 Å². The number of hydrogen-bond donors (Lipinski definition) is 1. The van der Waals surface area contributed by atoms with Crippen molar-refractivity contribution in [3.05, 3.63) is 24.0 Å². The number of ether oxygens (including phenoxy) is 2. The molecule has 4 atom stereocenters. The van der Waals surface area contributed by atoms with Gasteiger partial charge in [0.15, 0.2) is 0 Å². The lowest BCUT2D eigenvalue weighted by atomic mass is 9.87. The van der Waals surface area contributed by atoms with E-state index in [9.17, 15) is 4.79 Å². The van der Waals surface area contributed by atoms with Crippen molar-refractivity contribution in [2.24, 2.45) is 0 Å². The lowest BCUT2D eigenvalue weighted by Crippen LogP contribution is -2.56. The predicted molar refractivity (Wildman–Crippen MR) is 92.8 cm³/mol. The zero-order valence-electron chi connectivity index (χ0n) is 14.9. The summed E-state index contributed by atoms with van der Waals surface area (Å²) in [6, 6.07) is 4.53. The molecule has 0 bridgehead atoms. The van der Waals surface area contributed by atoms with E-state index in [2.05, 4.69) is 23.7 Å². The summed E-state index contributed by atoms with van der Waals surface area (Å²) in [6.45, 7) is 5.09. The minimum absolute atomic E-state index is 0.0129. The third kappa shape index (κ3) is 4.19. The van der Waals surface area contributed by atoms with Gasteiger partial charge < -0.3 is 14.5 Å². The van der Waals surface area contributed by atoms with Gasteiger partial charge in [-0.1, -0.05) is 26.2 Å². The second-order valence-electron chi connectivity index (χ2n) is 7.24. The lowest BCUT2D eigenvalue weighted by Gasteiger charge is -2.48. The number of unbranched alkanes of at least 4 members (excludes halogenated alkanes) is 2. The van der Waals surface area contributed by atoms with Gasteiger partial charge in [-0.05, 0) is 31.9 Å². The van der Waals surface area contributed by atoms with Gasteiger partial charge in [0.1, 0.15) is 11.8 Å². The molecule has 0 aliphatic carbocycles. The van der Waals surface area contributed by atoms with Gasteiger partial charge in [0, 0.05) is 31.1 Å². The maximum Gasteiger partial charge on any atom is 0.355 e. The number of aromatic amines is 1. The molecule has 0 unspecified atom stereocenters. The van der Waals surface area contributed by atoms with E-state index in [1.165, 1.54) is 25.7 Å². The van der Waals surface area contributed by atoms with Crippen LogP contribution in [0.4, 0.5) is 0 Å². The molecule has 2 aliphatic heterocycles. The van der Waals surface area contributed by atoms with Gasteiger partial charge in [-0.3, -0.25) is 4.90 Å². The van der Waals surface area contributed by atoms with Gasteiger partial charge in [0.25, 0.3) is 0 Å². The van der Waals surface area contributed by atoms with Crippen LogP contribution in [0.1, 0.15) is 69.3 Å². The van der Waals surface area contributed by atoms with Crippen LogP contribution in [0.2, 0.25) is 0 Å². The fourth-order valence-electron chi connectivity index (χ4n) is 4.06. The van der Waals surface area contributed by atoms with Crippen LogP contribution in [0, 0.1) is 0 Å². The van der Waals surface area contributed by atoms with Crippen molar-refractivity contribution in [3.8, 4) is 0 Å². The molecular weight excluding hydrogens is 304 g/mol. The Morgan fingerprint density at radius 1 is 1.38 bits per heavy atom. The smallest absolute Gasteiger partial charge is 0.355 e. The summed E-state index contributed by atoms with van der Waals surface area (Å²) in [5, 5.41) is 0. The molecule has 0 saturated carbocycles. The first-order valence-electron chi connectivity index (χ1n) is 9.39. The highest BCUT2D eigenvalue weighted by Crippen LogP contribution is 2.34. The number of carbonyl (C=O) groups excluding carboxylic acids is 1. The number of nitrogens with zero attached hydrogens (tertiary/aromatic N) is 1. The van der Waals surface area contributed by atoms with Crippen molar-refractivity contribution < 1.29 is 14.3 Å². The normalized spacial score (nSPS) is 30.8. The number of piperidine rings is 1. The molecule has 2 saturated heterocycles. The van der Waals surface area contributed by atoms with Crippen LogP contribution in [-0.2, 0) is 9.47 Å². The second kappa shape index (κ2) is 8.17. The zero-order chi connectivity index (χ0) is 16.9. The molecule has 0 radical (unpaired) electrons. The standard InChI is InChI=1S/C19H30N2O3/c1-3-4-5-7-15-11-17(24-19(22)18-8-6-9-20-18)12-16-10-14(2)23-13-21(15)16/h6,8-9,14-17,20H,3-5,7,10-13H2,1-2H3/t14-,15+,16-,17-/m0/s1. The summed E-state index contributed by atoms with van der Waals surface area (Å²) in [7, 11) is 0. The van der Waals surface area contributed by atoms with E-state index in [-0.39, 0.29) is 12.1 Å². The van der Waals surface area contributed by atoms with Crippen LogP contribution < -0.4 is 0 Å². The molecule has 0 spiro atoms. The maximum atomic E-state index is 12.3. The minimum Gasteiger partial charge on any atom is -0.458 e. The fraction of sp³-hybridized carbons (Fsp3) is 0.737. The van der Waals surface area contributed by atoms with Gasteiger partial charge in [0.2, 0.25) is 0 Å². The third-order valence-electron chi connectivity index (χ3n) is 5.35. The topological polar surface area (TPSA) is 54.6 Å². The van der Waals surface area contributed by atoms with Crippen LogP contribution in [0.5, 0.6) is 0 Å². The Bertz CT molecular complexity index is 517. The molecule has 1 aromatic heterocycles. The lowest BCUT2D eigenvalue weighted by molar-refractivity contribution is -0.140. The third-order valence-corrected chi connectivity index (χ3v) is 5.35. The quantitative estimate of drug-likeness (QED) is 0.636. The van der Waals surface area contributed by atoms with Crippen LogP contribution in [0.3, 0.4) is 0 Å². The average Bonchev–Trinajstić information content (AvgIpc) is 3.09. The number of esters is 1. The molecule has 0 amide bonds. The van der Waals surface area contributed by atoms with Crippen LogP contribution in [0.15, 0.2) is 18.3 Å². The SMILES string of the molecule is CCCCC[C@@H]1C[C@H](OC(=O)c2ccc[nH]2)C[C@@H]2C[C@H](C)OCN12. The molecule has 1 aromatic rings. The monoisotopic (exact) mass is 334 g/mol. The molecule has 134 valence electrons. The zero-order valence-corrected chi connectivity index (χ0v) is 14.9. The first-order valence-corrected chi connectivity index (χ1v) is 9.39. The highest BCUT2D eigenvalue weighted by Gasteiger charge is 2.40. The van der Waals surface area contributed by atoms with Crippen LogP contribution in [0.25, 0.3) is 0 Å². The van der Waals surface area contributed by atoms with Gasteiger partial charge in [0.05, 0.1) is 12.8 Å². The molecule has 2 aliphatic rings. The Kier molecular flexibility index (Phi) is 5.95. The Hall–Kier alpha value is -1.33. The van der Waals surface area contributed by atoms with Crippen molar-refractivity contribution >= 4 is 5.97 Å². The Morgan fingerprint density at radius 2 is 2.25 bits per heavy atom. The van der Waals surface area contributed by atoms with Gasteiger partial charge in [-0.15, -0.1) is 0 Å². The summed E-state index contributed by atoms with van der Waals surface area (Å²) >= 11 is 0. The largest absolute Gasteiger partial charge is 0.458 e. The fourth-order valence-corrected chi connectivity index (χ4v) is 4.06. The molecule has 1 N–H and O–H groups in total. The predicted octanol–water partition coefficient (Wildman–Crippen LogP) is 3.72. The molecule has 3 rings (SSSR count). The van der Waals surface area contributed by atoms with Crippen molar-refractivity contribution in [2.75, 3.05) is 6.73 Å². The average molecular weight is 334 g/mol. The molecular formula is C19H30N2O3. The summed E-state index contributed by atoms with van der Waals surface area (Å²) in [6.07, 6.45) is 9.83. The summed E-state index contributed by atoms with van der Waals surface area (Å²) in [4.78, 5) is 17.7. The summed E-state index contributed by atoms with van der Waals surface area (Å²) in [5.74, 6) is -0.231. The Labute approximate surface area is 144 Å². The van der Waals surface area contributed by atoms with Crippen molar-refractivity contribution in [1.29, 1.82) is 0 Å². The van der Waals surface area contributed by atoms with E-state index >= 15 is 0 Å². The summed E-state index contributed by atoms with van der Waals surface area (Å²) < 4.78 is 11.7. The van der Waals surface area contributed by atoms with Gasteiger partial charge in [-0.2, -0.15) is 0 Å². The minimum atomic E-state index is -0.231. The van der Waals surface area contributed by atoms with E-state index in [1.807, 2.05) is 6.07 Å². The molecule has 0 aromatic carbocycles. The van der Waals surface area contributed by atoms with E-state index in [4.69, 9.17) is 9.47 Å². The van der Waals surface area contributed by atoms with Crippen LogP contribution >= 0.6 is 0 Å². The Morgan fingerprint density at radius 3 is 3.00 bits per heavy atom. The number of carbonyl (C=O) groups is 1. The molecule has 2 fully saturated rings.